The van der Waals surface area contributed by atoms with Gasteiger partial charge in [-0.25, -0.2) is 12.7 Å². The fraction of sp³-hybridized carbons (Fsp3) is 0.625. The Morgan fingerprint density at radius 1 is 1.00 bits per heavy atom. The van der Waals surface area contributed by atoms with Gasteiger partial charge in [-0.2, -0.15) is 0 Å². The minimum atomic E-state index is -3.46. The molecule has 0 saturated carbocycles. The molecule has 0 aromatic heterocycles. The standard InChI is InChI=1S/C16H27NO3S/c1-12-11-13(2)15(4)16(14(12)3)21(19,20)17(5)9-7-6-8-10-18/h11,18H,6-10H2,1-5H3. The molecule has 0 bridgehead atoms. The quantitative estimate of drug-likeness (QED) is 0.787. The minimum Gasteiger partial charge on any atom is -0.396 e. The van der Waals surface area contributed by atoms with Gasteiger partial charge in [0, 0.05) is 20.2 Å². The van der Waals surface area contributed by atoms with Crippen LogP contribution in [0.4, 0.5) is 0 Å². The lowest BCUT2D eigenvalue weighted by molar-refractivity contribution is 0.281. The maximum absolute atomic E-state index is 12.8. The van der Waals surface area contributed by atoms with Crippen LogP contribution in [-0.2, 0) is 10.0 Å². The molecule has 0 atom stereocenters. The molecule has 0 aliphatic carbocycles. The molecule has 0 radical (unpaired) electrons. The van der Waals surface area contributed by atoms with Gasteiger partial charge in [-0.3, -0.25) is 0 Å². The number of aryl methyl sites for hydroxylation is 2. The molecule has 0 aliphatic rings. The smallest absolute Gasteiger partial charge is 0.243 e. The number of benzene rings is 1. The maximum atomic E-state index is 12.8. The van der Waals surface area contributed by atoms with E-state index in [4.69, 9.17) is 5.11 Å². The van der Waals surface area contributed by atoms with Gasteiger partial charge in [-0.15, -0.1) is 0 Å². The lowest BCUT2D eigenvalue weighted by Crippen LogP contribution is -2.29. The lowest BCUT2D eigenvalue weighted by atomic mass is 10.0. The summed E-state index contributed by atoms with van der Waals surface area (Å²) in [7, 11) is -1.83. The number of nitrogens with zero attached hydrogens (tertiary/aromatic N) is 1. The zero-order chi connectivity index (χ0) is 16.2. The van der Waals surface area contributed by atoms with Gasteiger partial charge in [0.25, 0.3) is 0 Å². The molecule has 0 unspecified atom stereocenters. The Morgan fingerprint density at radius 3 is 2.00 bits per heavy atom. The van der Waals surface area contributed by atoms with Crippen molar-refractivity contribution in [3.8, 4) is 0 Å². The van der Waals surface area contributed by atoms with E-state index in [-0.39, 0.29) is 6.61 Å². The second-order valence-corrected chi connectivity index (χ2v) is 7.68. The Balaban J connectivity index is 3.08. The number of aliphatic hydroxyl groups is 1. The second-order valence-electron chi connectivity index (χ2n) is 5.70. The van der Waals surface area contributed by atoms with Gasteiger partial charge in [0.05, 0.1) is 4.90 Å². The van der Waals surface area contributed by atoms with E-state index in [1.165, 1.54) is 4.31 Å². The van der Waals surface area contributed by atoms with E-state index in [0.29, 0.717) is 11.4 Å². The third kappa shape index (κ3) is 4.05. The van der Waals surface area contributed by atoms with E-state index in [0.717, 1.165) is 41.5 Å². The summed E-state index contributed by atoms with van der Waals surface area (Å²) in [6.45, 7) is 8.27. The van der Waals surface area contributed by atoms with Crippen LogP contribution in [-0.4, -0.2) is 38.0 Å². The normalized spacial score (nSPS) is 12.1. The summed E-state index contributed by atoms with van der Waals surface area (Å²) in [5.41, 5.74) is 3.68. The Bertz CT molecular complexity index is 568. The van der Waals surface area contributed by atoms with E-state index in [1.807, 2.05) is 33.8 Å². The Labute approximate surface area is 128 Å². The fourth-order valence-electron chi connectivity index (χ4n) is 2.47. The summed E-state index contributed by atoms with van der Waals surface area (Å²) >= 11 is 0. The van der Waals surface area contributed by atoms with Gasteiger partial charge >= 0.3 is 0 Å². The number of hydrogen-bond acceptors (Lipinski definition) is 3. The molecule has 21 heavy (non-hydrogen) atoms. The van der Waals surface area contributed by atoms with Crippen molar-refractivity contribution in [3.05, 3.63) is 28.3 Å². The average Bonchev–Trinajstić information content (AvgIpc) is 2.41. The highest BCUT2D eigenvalue weighted by molar-refractivity contribution is 7.89. The molecule has 1 aromatic rings. The number of hydrogen-bond donors (Lipinski definition) is 1. The molecule has 1 N–H and O–H groups in total. The second kappa shape index (κ2) is 7.38. The van der Waals surface area contributed by atoms with Crippen LogP contribution in [0.25, 0.3) is 0 Å². The highest BCUT2D eigenvalue weighted by Crippen LogP contribution is 2.28. The van der Waals surface area contributed by atoms with Gasteiger partial charge in [0.15, 0.2) is 0 Å². The van der Waals surface area contributed by atoms with Gasteiger partial charge in [0.2, 0.25) is 10.0 Å². The number of unbranched alkanes of at least 4 members (excludes halogenated alkanes) is 2. The zero-order valence-corrected chi connectivity index (χ0v) is 14.5. The van der Waals surface area contributed by atoms with Crippen molar-refractivity contribution < 1.29 is 13.5 Å². The van der Waals surface area contributed by atoms with Crippen LogP contribution in [0, 0.1) is 27.7 Å². The summed E-state index contributed by atoms with van der Waals surface area (Å²) in [5, 5.41) is 8.77. The summed E-state index contributed by atoms with van der Waals surface area (Å²) in [5.74, 6) is 0. The van der Waals surface area contributed by atoms with E-state index in [2.05, 4.69) is 0 Å². The van der Waals surface area contributed by atoms with Gasteiger partial charge in [-0.1, -0.05) is 6.07 Å². The number of sulfonamides is 1. The first-order valence-electron chi connectivity index (χ1n) is 7.38. The molecule has 0 amide bonds. The molecule has 0 fully saturated rings. The molecule has 1 rings (SSSR count). The van der Waals surface area contributed by atoms with E-state index in [1.54, 1.807) is 7.05 Å². The summed E-state index contributed by atoms with van der Waals surface area (Å²) in [6.07, 6.45) is 2.32. The first kappa shape index (κ1) is 18.1. The van der Waals surface area contributed by atoms with Crippen LogP contribution in [0.3, 0.4) is 0 Å². The van der Waals surface area contributed by atoms with E-state index in [9.17, 15) is 8.42 Å². The molecular formula is C16H27NO3S. The number of rotatable bonds is 7. The molecule has 5 heteroatoms. The third-order valence-corrected chi connectivity index (χ3v) is 6.23. The van der Waals surface area contributed by atoms with E-state index >= 15 is 0 Å². The van der Waals surface area contributed by atoms with Crippen LogP contribution in [0.1, 0.15) is 41.5 Å². The van der Waals surface area contributed by atoms with E-state index < -0.39 is 10.0 Å². The van der Waals surface area contributed by atoms with Crippen LogP contribution < -0.4 is 0 Å². The summed E-state index contributed by atoms with van der Waals surface area (Å²) in [4.78, 5) is 0.449. The molecule has 0 aliphatic heterocycles. The minimum absolute atomic E-state index is 0.158. The topological polar surface area (TPSA) is 57.6 Å². The first-order valence-corrected chi connectivity index (χ1v) is 8.82. The first-order chi connectivity index (χ1) is 9.73. The molecule has 4 nitrogen and oxygen atoms in total. The van der Waals surface area contributed by atoms with Crippen molar-refractivity contribution in [2.24, 2.45) is 0 Å². The van der Waals surface area contributed by atoms with Crippen molar-refractivity contribution >= 4 is 10.0 Å². The van der Waals surface area contributed by atoms with Gasteiger partial charge in [-0.05, 0) is 69.2 Å². The highest BCUT2D eigenvalue weighted by atomic mass is 32.2. The summed E-state index contributed by atoms with van der Waals surface area (Å²) in [6, 6.07) is 2.03. The monoisotopic (exact) mass is 313 g/mol. The van der Waals surface area contributed by atoms with Gasteiger partial charge in [0.1, 0.15) is 0 Å². The van der Waals surface area contributed by atoms with Crippen molar-refractivity contribution in [2.45, 2.75) is 51.9 Å². The predicted molar refractivity (Wildman–Crippen MR) is 86.1 cm³/mol. The zero-order valence-electron chi connectivity index (χ0n) is 13.7. The molecule has 0 spiro atoms. The van der Waals surface area contributed by atoms with Crippen LogP contribution in [0.5, 0.6) is 0 Å². The predicted octanol–water partition coefficient (Wildman–Crippen LogP) is 2.70. The van der Waals surface area contributed by atoms with Gasteiger partial charge < -0.3 is 5.11 Å². The Hall–Kier alpha value is -0.910. The maximum Gasteiger partial charge on any atom is 0.243 e. The van der Waals surface area contributed by atoms with Crippen molar-refractivity contribution in [3.63, 3.8) is 0 Å². The van der Waals surface area contributed by atoms with Crippen molar-refractivity contribution in [2.75, 3.05) is 20.2 Å². The van der Waals surface area contributed by atoms with Crippen molar-refractivity contribution in [1.29, 1.82) is 0 Å². The fourth-order valence-corrected chi connectivity index (χ4v) is 4.24. The number of aliphatic hydroxyl groups excluding tert-OH is 1. The van der Waals surface area contributed by atoms with Crippen LogP contribution in [0.2, 0.25) is 0 Å². The Morgan fingerprint density at radius 2 is 1.52 bits per heavy atom. The summed E-state index contributed by atoms with van der Waals surface area (Å²) < 4.78 is 27.1. The van der Waals surface area contributed by atoms with Crippen molar-refractivity contribution in [1.82, 2.24) is 4.31 Å². The SMILES string of the molecule is Cc1cc(C)c(C)c(S(=O)(=O)N(C)CCCCCO)c1C. The largest absolute Gasteiger partial charge is 0.396 e. The molecule has 0 saturated heterocycles. The third-order valence-electron chi connectivity index (χ3n) is 4.10. The van der Waals surface area contributed by atoms with Crippen LogP contribution in [0.15, 0.2) is 11.0 Å². The highest BCUT2D eigenvalue weighted by Gasteiger charge is 2.26. The molecule has 0 heterocycles. The average molecular weight is 313 g/mol. The van der Waals surface area contributed by atoms with Crippen LogP contribution >= 0.6 is 0 Å². The lowest BCUT2D eigenvalue weighted by Gasteiger charge is -2.22. The molecule has 120 valence electrons. The molecule has 1 aromatic carbocycles. The Kier molecular flexibility index (Phi) is 6.38. The molecular weight excluding hydrogens is 286 g/mol.